The third-order valence-corrected chi connectivity index (χ3v) is 3.76. The molecular weight excluding hydrogens is 280 g/mol. The first-order valence-electron chi connectivity index (χ1n) is 6.59. The number of benzene rings is 1. The Balaban J connectivity index is 2.06. The summed E-state index contributed by atoms with van der Waals surface area (Å²) in [5, 5.41) is 12.0. The standard InChI is InChI=1S/C14H17ClN2O3/c1-2-9-3-4-17(8-9)14(20)16-12-6-10(13(18)19)5-11(15)7-12/h5-7,9H,2-4,8H2,1H3,(H,16,20)(H,18,19). The molecule has 0 radical (unpaired) electrons. The molecule has 0 aromatic heterocycles. The molecule has 5 nitrogen and oxygen atoms in total. The van der Waals surface area contributed by atoms with Gasteiger partial charge in [0.2, 0.25) is 0 Å². The first-order chi connectivity index (χ1) is 9.49. The third-order valence-electron chi connectivity index (χ3n) is 3.55. The van der Waals surface area contributed by atoms with E-state index < -0.39 is 5.97 Å². The molecule has 108 valence electrons. The van der Waals surface area contributed by atoms with E-state index in [9.17, 15) is 9.59 Å². The van der Waals surface area contributed by atoms with Crippen molar-refractivity contribution in [1.82, 2.24) is 4.90 Å². The van der Waals surface area contributed by atoms with Crippen molar-refractivity contribution in [1.29, 1.82) is 0 Å². The topological polar surface area (TPSA) is 69.6 Å². The number of carboxylic acid groups (broad SMARTS) is 1. The molecule has 2 N–H and O–H groups in total. The first kappa shape index (κ1) is 14.7. The van der Waals surface area contributed by atoms with Crippen molar-refractivity contribution in [3.63, 3.8) is 0 Å². The van der Waals surface area contributed by atoms with E-state index in [2.05, 4.69) is 12.2 Å². The molecule has 1 heterocycles. The molecule has 0 spiro atoms. The number of carbonyl (C=O) groups is 2. The summed E-state index contributed by atoms with van der Waals surface area (Å²) in [5.41, 5.74) is 0.459. The lowest BCUT2D eigenvalue weighted by molar-refractivity contribution is 0.0697. The Kier molecular flexibility index (Phi) is 4.49. The molecule has 1 atom stereocenters. The smallest absolute Gasteiger partial charge is 0.335 e. The van der Waals surface area contributed by atoms with Crippen LogP contribution in [0.4, 0.5) is 10.5 Å². The zero-order chi connectivity index (χ0) is 14.7. The number of urea groups is 1. The van der Waals surface area contributed by atoms with Gasteiger partial charge >= 0.3 is 12.0 Å². The summed E-state index contributed by atoms with van der Waals surface area (Å²) in [5.74, 6) is -0.523. The predicted octanol–water partition coefficient (Wildman–Crippen LogP) is 3.30. The molecule has 1 aromatic carbocycles. The second-order valence-electron chi connectivity index (χ2n) is 4.97. The van der Waals surface area contributed by atoms with Crippen LogP contribution >= 0.6 is 11.6 Å². The van der Waals surface area contributed by atoms with Crippen LogP contribution in [0.2, 0.25) is 5.02 Å². The van der Waals surface area contributed by atoms with Gasteiger partial charge in [0.25, 0.3) is 0 Å². The Morgan fingerprint density at radius 2 is 2.20 bits per heavy atom. The number of hydrogen-bond donors (Lipinski definition) is 2. The van der Waals surface area contributed by atoms with Crippen LogP contribution in [0.5, 0.6) is 0 Å². The molecule has 1 saturated heterocycles. The van der Waals surface area contributed by atoms with Crippen molar-refractivity contribution in [3.8, 4) is 0 Å². The maximum Gasteiger partial charge on any atom is 0.335 e. The van der Waals surface area contributed by atoms with Crippen molar-refractivity contribution < 1.29 is 14.7 Å². The zero-order valence-corrected chi connectivity index (χ0v) is 12.0. The van der Waals surface area contributed by atoms with Crippen LogP contribution in [-0.2, 0) is 0 Å². The van der Waals surface area contributed by atoms with Gasteiger partial charge in [0.15, 0.2) is 0 Å². The van der Waals surface area contributed by atoms with Crippen LogP contribution in [0.3, 0.4) is 0 Å². The summed E-state index contributed by atoms with van der Waals surface area (Å²) < 4.78 is 0. The van der Waals surface area contributed by atoms with Crippen LogP contribution in [0.1, 0.15) is 30.1 Å². The van der Waals surface area contributed by atoms with Gasteiger partial charge in [-0.3, -0.25) is 0 Å². The van der Waals surface area contributed by atoms with E-state index in [0.717, 1.165) is 25.9 Å². The molecule has 1 unspecified atom stereocenters. The zero-order valence-electron chi connectivity index (χ0n) is 11.2. The van der Waals surface area contributed by atoms with Gasteiger partial charge in [-0.25, -0.2) is 9.59 Å². The van der Waals surface area contributed by atoms with Crippen molar-refractivity contribution >= 4 is 29.3 Å². The molecule has 6 heteroatoms. The number of amides is 2. The van der Waals surface area contributed by atoms with E-state index in [1.165, 1.54) is 12.1 Å². The van der Waals surface area contributed by atoms with Crippen LogP contribution in [0.15, 0.2) is 18.2 Å². The highest BCUT2D eigenvalue weighted by Gasteiger charge is 2.25. The number of carboxylic acids is 1. The largest absolute Gasteiger partial charge is 0.478 e. The molecule has 0 aliphatic carbocycles. The van der Waals surface area contributed by atoms with Crippen LogP contribution in [0.25, 0.3) is 0 Å². The van der Waals surface area contributed by atoms with E-state index in [-0.39, 0.29) is 16.6 Å². The number of nitrogens with one attached hydrogen (secondary N) is 1. The third kappa shape index (κ3) is 3.42. The lowest BCUT2D eigenvalue weighted by atomic mass is 10.1. The molecule has 1 aliphatic rings. The van der Waals surface area contributed by atoms with Crippen LogP contribution in [0, 0.1) is 5.92 Å². The van der Waals surface area contributed by atoms with E-state index in [0.29, 0.717) is 11.6 Å². The highest BCUT2D eigenvalue weighted by Crippen LogP contribution is 2.22. The summed E-state index contributed by atoms with van der Waals surface area (Å²) in [7, 11) is 0. The number of carbonyl (C=O) groups excluding carboxylic acids is 1. The van der Waals surface area contributed by atoms with Gasteiger partial charge in [-0.05, 0) is 30.5 Å². The maximum absolute atomic E-state index is 12.1. The molecular formula is C14H17ClN2O3. The molecule has 1 fully saturated rings. The van der Waals surface area contributed by atoms with Crippen LogP contribution in [-0.4, -0.2) is 35.1 Å². The van der Waals surface area contributed by atoms with Crippen molar-refractivity contribution in [3.05, 3.63) is 28.8 Å². The minimum absolute atomic E-state index is 0.0562. The first-order valence-corrected chi connectivity index (χ1v) is 6.97. The molecule has 1 aromatic rings. The number of anilines is 1. The number of rotatable bonds is 3. The van der Waals surface area contributed by atoms with E-state index in [1.54, 1.807) is 11.0 Å². The van der Waals surface area contributed by atoms with E-state index >= 15 is 0 Å². The average Bonchev–Trinajstić information content (AvgIpc) is 2.86. The number of likely N-dealkylation sites (tertiary alicyclic amines) is 1. The Bertz CT molecular complexity index is 533. The highest BCUT2D eigenvalue weighted by atomic mass is 35.5. The lowest BCUT2D eigenvalue weighted by Gasteiger charge is -2.17. The Morgan fingerprint density at radius 1 is 1.45 bits per heavy atom. The lowest BCUT2D eigenvalue weighted by Crippen LogP contribution is -2.33. The molecule has 0 saturated carbocycles. The fourth-order valence-corrected chi connectivity index (χ4v) is 2.57. The number of nitrogens with zero attached hydrogens (tertiary/aromatic N) is 1. The number of halogens is 1. The van der Waals surface area contributed by atoms with Crippen molar-refractivity contribution in [2.75, 3.05) is 18.4 Å². The quantitative estimate of drug-likeness (QED) is 0.899. The highest BCUT2D eigenvalue weighted by molar-refractivity contribution is 6.31. The monoisotopic (exact) mass is 296 g/mol. The SMILES string of the molecule is CCC1CCN(C(=O)Nc2cc(Cl)cc(C(=O)O)c2)C1. The summed E-state index contributed by atoms with van der Waals surface area (Å²) in [4.78, 5) is 24.8. The van der Waals surface area contributed by atoms with Gasteiger partial charge in [0.05, 0.1) is 5.56 Å². The fourth-order valence-electron chi connectivity index (χ4n) is 2.34. The summed E-state index contributed by atoms with van der Waals surface area (Å²) in [6, 6.07) is 4.08. The average molecular weight is 297 g/mol. The van der Waals surface area contributed by atoms with Crippen molar-refractivity contribution in [2.45, 2.75) is 19.8 Å². The number of aromatic carboxylic acids is 1. The second kappa shape index (κ2) is 6.13. The van der Waals surface area contributed by atoms with Gasteiger partial charge < -0.3 is 15.3 Å². The summed E-state index contributed by atoms with van der Waals surface area (Å²) in [6.07, 6.45) is 2.07. The fraction of sp³-hybridized carbons (Fsp3) is 0.429. The molecule has 2 amide bonds. The van der Waals surface area contributed by atoms with Crippen LogP contribution < -0.4 is 5.32 Å². The normalized spacial score (nSPS) is 18.1. The van der Waals surface area contributed by atoms with Gasteiger partial charge in [0.1, 0.15) is 0 Å². The Morgan fingerprint density at radius 3 is 2.80 bits per heavy atom. The Labute approximate surface area is 122 Å². The molecule has 20 heavy (non-hydrogen) atoms. The summed E-state index contributed by atoms with van der Waals surface area (Å²) >= 11 is 5.85. The second-order valence-corrected chi connectivity index (χ2v) is 5.41. The minimum atomic E-state index is -1.07. The molecule has 0 bridgehead atoms. The van der Waals surface area contributed by atoms with E-state index in [1.807, 2.05) is 0 Å². The van der Waals surface area contributed by atoms with Gasteiger partial charge in [-0.15, -0.1) is 0 Å². The molecule has 2 rings (SSSR count). The van der Waals surface area contributed by atoms with E-state index in [4.69, 9.17) is 16.7 Å². The molecule has 1 aliphatic heterocycles. The maximum atomic E-state index is 12.1. The predicted molar refractivity (Wildman–Crippen MR) is 77.4 cm³/mol. The van der Waals surface area contributed by atoms with Gasteiger partial charge in [-0.1, -0.05) is 24.9 Å². The van der Waals surface area contributed by atoms with Crippen molar-refractivity contribution in [2.24, 2.45) is 5.92 Å². The minimum Gasteiger partial charge on any atom is -0.478 e. The van der Waals surface area contributed by atoms with Gasteiger partial charge in [-0.2, -0.15) is 0 Å². The van der Waals surface area contributed by atoms with Gasteiger partial charge in [0, 0.05) is 23.8 Å². The summed E-state index contributed by atoms with van der Waals surface area (Å²) in [6.45, 7) is 3.59. The Hall–Kier alpha value is -1.75. The number of hydrogen-bond acceptors (Lipinski definition) is 2.